The van der Waals surface area contributed by atoms with Gasteiger partial charge < -0.3 is 27.4 Å². The average molecular weight is 583 g/mol. The third kappa shape index (κ3) is 13.9. The Morgan fingerprint density at radius 1 is 0.892 bits per heavy atom. The lowest BCUT2D eigenvalue weighted by Gasteiger charge is -2.27. The highest BCUT2D eigenvalue weighted by molar-refractivity contribution is 6.31. The van der Waals surface area contributed by atoms with Gasteiger partial charge in [0.15, 0.2) is 28.4 Å². The number of anilines is 2. The van der Waals surface area contributed by atoms with Crippen LogP contribution in [0.3, 0.4) is 0 Å². The molecule has 1 aromatic heterocycles. The van der Waals surface area contributed by atoms with Crippen LogP contribution >= 0.6 is 36.4 Å². The van der Waals surface area contributed by atoms with Crippen molar-refractivity contribution in [2.75, 3.05) is 44.2 Å². The van der Waals surface area contributed by atoms with Crippen LogP contribution < -0.4 is 27.8 Å². The van der Waals surface area contributed by atoms with E-state index >= 15 is 0 Å². The van der Waals surface area contributed by atoms with Gasteiger partial charge in [-0.05, 0) is 12.8 Å². The minimum atomic E-state index is -0.635. The number of nitrogens with two attached hydrogens (primary N) is 3. The topological polar surface area (TPSA) is 178 Å². The Morgan fingerprint density at radius 2 is 1.43 bits per heavy atom. The first-order valence-corrected chi connectivity index (χ1v) is 12.9. The van der Waals surface area contributed by atoms with E-state index in [0.717, 1.165) is 58.3 Å². The summed E-state index contributed by atoms with van der Waals surface area (Å²) in [6.07, 6.45) is 12.0. The standard InChI is InChI=1S/C23H40ClN9O2.2ClH/c24-19-21(26)31-20(25)18(30-19)22(35)32-23(27)29-12-10-8-6-4-2-1-3-5-7-9-11-17(34)33-15-13-28-14-16-33;;/h28H,1-16H2,(H4,25,26,31)(H3,27,29,32,35);2*1H. The number of nitrogens with zero attached hydrogens (tertiary/aromatic N) is 4. The number of halogens is 3. The summed E-state index contributed by atoms with van der Waals surface area (Å²) in [5, 5.41) is 5.60. The Labute approximate surface area is 237 Å². The molecule has 0 aromatic carbocycles. The zero-order chi connectivity index (χ0) is 25.5. The number of hydrogen-bond acceptors (Lipinski definition) is 8. The Balaban J connectivity index is 0.00000648. The van der Waals surface area contributed by atoms with Gasteiger partial charge in [0.25, 0.3) is 5.91 Å². The molecule has 0 saturated carbocycles. The van der Waals surface area contributed by atoms with Gasteiger partial charge >= 0.3 is 0 Å². The van der Waals surface area contributed by atoms with Crippen LogP contribution in [0.2, 0.25) is 5.15 Å². The predicted molar refractivity (Wildman–Crippen MR) is 155 cm³/mol. The maximum Gasteiger partial charge on any atom is 0.280 e. The maximum atomic E-state index is 12.2. The molecule has 1 fully saturated rings. The van der Waals surface area contributed by atoms with Crippen LogP contribution in [0.15, 0.2) is 4.99 Å². The van der Waals surface area contributed by atoms with Crippen LogP contribution in [-0.2, 0) is 4.79 Å². The molecule has 0 spiro atoms. The number of piperazine rings is 1. The van der Waals surface area contributed by atoms with Crippen molar-refractivity contribution in [2.45, 2.75) is 70.6 Å². The number of aromatic nitrogens is 2. The number of unbranched alkanes of at least 4 members (excludes halogenated alkanes) is 9. The van der Waals surface area contributed by atoms with Gasteiger partial charge in [-0.1, -0.05) is 63.0 Å². The molecule has 2 rings (SSSR count). The van der Waals surface area contributed by atoms with Crippen LogP contribution in [0.1, 0.15) is 81.1 Å². The van der Waals surface area contributed by atoms with Crippen molar-refractivity contribution < 1.29 is 9.59 Å². The van der Waals surface area contributed by atoms with E-state index < -0.39 is 5.91 Å². The van der Waals surface area contributed by atoms with Crippen molar-refractivity contribution in [3.05, 3.63) is 10.8 Å². The van der Waals surface area contributed by atoms with Crippen LogP contribution in [0.5, 0.6) is 0 Å². The highest BCUT2D eigenvalue weighted by Gasteiger charge is 2.17. The quantitative estimate of drug-likeness (QED) is 0.126. The van der Waals surface area contributed by atoms with E-state index in [9.17, 15) is 9.59 Å². The van der Waals surface area contributed by atoms with Crippen molar-refractivity contribution in [1.82, 2.24) is 25.5 Å². The van der Waals surface area contributed by atoms with Crippen LogP contribution in [0.4, 0.5) is 11.6 Å². The van der Waals surface area contributed by atoms with Crippen molar-refractivity contribution in [2.24, 2.45) is 10.7 Å². The van der Waals surface area contributed by atoms with Crippen LogP contribution in [-0.4, -0.2) is 65.4 Å². The predicted octanol–water partition coefficient (Wildman–Crippen LogP) is 2.91. The number of aliphatic imine (C=N–C) groups is 1. The van der Waals surface area contributed by atoms with E-state index in [1.54, 1.807) is 0 Å². The number of nitrogens with one attached hydrogen (secondary N) is 2. The third-order valence-electron chi connectivity index (χ3n) is 5.91. The Kier molecular flexibility index (Phi) is 18.8. The SMILES string of the molecule is Cl.Cl.NC(=NCCCCCCCCCCCCC(=O)N1CCNCC1)NC(=O)c1nc(Cl)c(N)nc1N. The molecule has 1 saturated heterocycles. The number of guanidine groups is 1. The third-order valence-corrected chi connectivity index (χ3v) is 6.19. The van der Waals surface area contributed by atoms with E-state index in [4.69, 9.17) is 28.8 Å². The monoisotopic (exact) mass is 581 g/mol. The average Bonchev–Trinajstić information content (AvgIpc) is 2.84. The second kappa shape index (κ2) is 20.0. The summed E-state index contributed by atoms with van der Waals surface area (Å²) in [4.78, 5) is 38.0. The van der Waals surface area contributed by atoms with E-state index in [1.807, 2.05) is 4.90 Å². The van der Waals surface area contributed by atoms with Gasteiger partial charge in [0.2, 0.25) is 5.91 Å². The van der Waals surface area contributed by atoms with Gasteiger partial charge in [0, 0.05) is 39.1 Å². The number of rotatable bonds is 14. The highest BCUT2D eigenvalue weighted by atomic mass is 35.5. The zero-order valence-electron chi connectivity index (χ0n) is 21.3. The normalized spacial score (nSPS) is 13.4. The van der Waals surface area contributed by atoms with Gasteiger partial charge in [0.05, 0.1) is 0 Å². The number of hydrogen-bond donors (Lipinski definition) is 5. The molecule has 1 aromatic rings. The van der Waals surface area contributed by atoms with Crippen LogP contribution in [0.25, 0.3) is 0 Å². The van der Waals surface area contributed by atoms with Gasteiger partial charge in [-0.15, -0.1) is 24.8 Å². The molecule has 0 atom stereocenters. The minimum absolute atomic E-state index is 0. The first-order chi connectivity index (χ1) is 16.9. The minimum Gasteiger partial charge on any atom is -0.382 e. The van der Waals surface area contributed by atoms with E-state index in [1.165, 1.54) is 32.1 Å². The highest BCUT2D eigenvalue weighted by Crippen LogP contribution is 2.17. The van der Waals surface area contributed by atoms with E-state index in [0.29, 0.717) is 18.9 Å². The molecule has 0 aliphatic carbocycles. The summed E-state index contributed by atoms with van der Waals surface area (Å²) >= 11 is 5.78. The molecule has 37 heavy (non-hydrogen) atoms. The Hall–Kier alpha value is -2.08. The molecule has 14 heteroatoms. The molecular weight excluding hydrogens is 541 g/mol. The molecule has 1 aliphatic heterocycles. The number of carbonyl (C=O) groups excluding carboxylic acids is 2. The smallest absolute Gasteiger partial charge is 0.280 e. The van der Waals surface area contributed by atoms with Gasteiger partial charge in [-0.3, -0.25) is 19.9 Å². The molecule has 0 radical (unpaired) electrons. The number of amides is 2. The van der Waals surface area contributed by atoms with Crippen LogP contribution in [0, 0.1) is 0 Å². The largest absolute Gasteiger partial charge is 0.382 e. The first-order valence-electron chi connectivity index (χ1n) is 12.6. The van der Waals surface area contributed by atoms with Crippen molar-refractivity contribution >= 4 is 65.8 Å². The molecule has 8 N–H and O–H groups in total. The molecule has 0 unspecified atom stereocenters. The lowest BCUT2D eigenvalue weighted by Crippen LogP contribution is -2.46. The maximum absolute atomic E-state index is 12.2. The summed E-state index contributed by atoms with van der Waals surface area (Å²) < 4.78 is 0. The summed E-state index contributed by atoms with van der Waals surface area (Å²) in [5.41, 5.74) is 16.8. The van der Waals surface area contributed by atoms with Crippen molar-refractivity contribution in [3.63, 3.8) is 0 Å². The fourth-order valence-electron chi connectivity index (χ4n) is 3.90. The Bertz CT molecular complexity index is 853. The molecular formula is C23H42Cl3N9O2. The summed E-state index contributed by atoms with van der Waals surface area (Å²) in [6.45, 7) is 4.06. The van der Waals surface area contributed by atoms with Gasteiger partial charge in [-0.2, -0.15) is 0 Å². The zero-order valence-corrected chi connectivity index (χ0v) is 23.7. The molecule has 11 nitrogen and oxygen atoms in total. The Morgan fingerprint density at radius 3 is 2.03 bits per heavy atom. The lowest BCUT2D eigenvalue weighted by molar-refractivity contribution is -0.131. The fraction of sp³-hybridized carbons (Fsp3) is 0.696. The molecule has 2 heterocycles. The second-order valence-electron chi connectivity index (χ2n) is 8.77. The molecule has 1 aliphatic rings. The molecule has 2 amide bonds. The summed E-state index contributed by atoms with van der Waals surface area (Å²) in [7, 11) is 0. The van der Waals surface area contributed by atoms with Gasteiger partial charge in [-0.25, -0.2) is 9.97 Å². The number of carbonyl (C=O) groups is 2. The number of nitrogen functional groups attached to an aromatic ring is 2. The van der Waals surface area contributed by atoms with E-state index in [2.05, 4.69) is 25.6 Å². The summed E-state index contributed by atoms with van der Waals surface area (Å²) in [6, 6.07) is 0. The van der Waals surface area contributed by atoms with Gasteiger partial charge in [0.1, 0.15) is 0 Å². The molecule has 0 bridgehead atoms. The van der Waals surface area contributed by atoms with Crippen molar-refractivity contribution in [1.29, 1.82) is 0 Å². The lowest BCUT2D eigenvalue weighted by atomic mass is 10.1. The first kappa shape index (κ1) is 34.9. The van der Waals surface area contributed by atoms with Crippen molar-refractivity contribution in [3.8, 4) is 0 Å². The molecule has 212 valence electrons. The fourth-order valence-corrected chi connectivity index (χ4v) is 4.02. The van der Waals surface area contributed by atoms with E-state index in [-0.39, 0.29) is 53.3 Å². The summed E-state index contributed by atoms with van der Waals surface area (Å²) in [5.74, 6) is -0.496. The second-order valence-corrected chi connectivity index (χ2v) is 9.13.